The first-order valence-corrected chi connectivity index (χ1v) is 11.4. The second-order valence-electron chi connectivity index (χ2n) is 5.17. The molecule has 2 nitrogen and oxygen atoms in total. The third kappa shape index (κ3) is 3.11. The van der Waals surface area contributed by atoms with Crippen LogP contribution in [-0.4, -0.2) is 24.9 Å². The number of hydrogen-bond donors (Lipinski definition) is 0. The fourth-order valence-corrected chi connectivity index (χ4v) is 6.85. The van der Waals surface area contributed by atoms with Gasteiger partial charge in [0, 0.05) is 0 Å². The zero-order valence-electron chi connectivity index (χ0n) is 10.7. The van der Waals surface area contributed by atoms with Crippen LogP contribution in [0.3, 0.4) is 0 Å². The van der Waals surface area contributed by atoms with E-state index in [-0.39, 0.29) is 12.1 Å². The monoisotopic (exact) mass is 300 g/mol. The average Bonchev–Trinajstić information content (AvgIpc) is 2.63. The van der Waals surface area contributed by atoms with Crippen LogP contribution in [0.4, 0.5) is 0 Å². The van der Waals surface area contributed by atoms with Gasteiger partial charge in [-0.15, -0.1) is 0 Å². The number of carbonyl (C=O) groups is 1. The SMILES string of the molecule is Cc1ccc([Se](C)(C)CC2CCC(=O)O2)cc1. The molecule has 1 saturated heterocycles. The Hall–Kier alpha value is -0.791. The van der Waals surface area contributed by atoms with Gasteiger partial charge in [-0.3, -0.25) is 0 Å². The summed E-state index contributed by atoms with van der Waals surface area (Å²) < 4.78 is 6.81. The minimum atomic E-state index is -1.67. The Kier molecular flexibility index (Phi) is 3.60. The van der Waals surface area contributed by atoms with E-state index in [4.69, 9.17) is 4.74 Å². The van der Waals surface area contributed by atoms with Crippen LogP contribution in [0, 0.1) is 6.92 Å². The number of rotatable bonds is 3. The van der Waals surface area contributed by atoms with Gasteiger partial charge in [-0.05, 0) is 0 Å². The molecule has 0 spiro atoms. The van der Waals surface area contributed by atoms with Crippen LogP contribution >= 0.6 is 0 Å². The van der Waals surface area contributed by atoms with E-state index in [2.05, 4.69) is 42.8 Å². The Bertz CT molecular complexity index is 409. The molecule has 0 amide bonds. The van der Waals surface area contributed by atoms with Crippen molar-refractivity contribution in [3.8, 4) is 0 Å². The van der Waals surface area contributed by atoms with Crippen molar-refractivity contribution < 1.29 is 9.53 Å². The zero-order chi connectivity index (χ0) is 12.5. The molecular weight excluding hydrogens is 279 g/mol. The van der Waals surface area contributed by atoms with E-state index in [0.29, 0.717) is 6.42 Å². The number of hydrogen-bond acceptors (Lipinski definition) is 2. The van der Waals surface area contributed by atoms with Crippen LogP contribution in [0.2, 0.25) is 17.0 Å². The summed E-state index contributed by atoms with van der Waals surface area (Å²) in [7, 11) is 0. The molecule has 1 unspecified atom stereocenters. The molecule has 0 radical (unpaired) electrons. The molecular formula is C14H20O2Se. The molecule has 94 valence electrons. The molecule has 1 aliphatic rings. The summed E-state index contributed by atoms with van der Waals surface area (Å²) in [5.41, 5.74) is 1.30. The van der Waals surface area contributed by atoms with Crippen molar-refractivity contribution in [2.24, 2.45) is 0 Å². The molecule has 1 heterocycles. The first-order valence-electron chi connectivity index (χ1n) is 5.94. The molecule has 0 saturated carbocycles. The Labute approximate surface area is 106 Å². The summed E-state index contributed by atoms with van der Waals surface area (Å²) in [5.74, 6) is 4.72. The van der Waals surface area contributed by atoms with Gasteiger partial charge < -0.3 is 0 Å². The quantitative estimate of drug-likeness (QED) is 0.633. The topological polar surface area (TPSA) is 26.3 Å². The van der Waals surface area contributed by atoms with Gasteiger partial charge in [0.15, 0.2) is 0 Å². The van der Waals surface area contributed by atoms with Gasteiger partial charge in [-0.2, -0.15) is 0 Å². The molecule has 2 rings (SSSR count). The molecule has 1 atom stereocenters. The summed E-state index contributed by atoms with van der Waals surface area (Å²) in [6.45, 7) is 2.11. The molecule has 1 fully saturated rings. The Morgan fingerprint density at radius 1 is 1.29 bits per heavy atom. The van der Waals surface area contributed by atoms with E-state index in [1.165, 1.54) is 10.0 Å². The van der Waals surface area contributed by atoms with Crippen LogP contribution in [-0.2, 0) is 9.53 Å². The van der Waals surface area contributed by atoms with E-state index >= 15 is 0 Å². The van der Waals surface area contributed by atoms with Gasteiger partial charge in [-0.25, -0.2) is 0 Å². The molecule has 17 heavy (non-hydrogen) atoms. The maximum atomic E-state index is 11.1. The summed E-state index contributed by atoms with van der Waals surface area (Å²) in [6, 6.07) is 8.84. The second kappa shape index (κ2) is 4.83. The van der Waals surface area contributed by atoms with Crippen molar-refractivity contribution in [2.75, 3.05) is 0 Å². The molecule has 0 aromatic heterocycles. The number of esters is 1. The molecule has 0 aliphatic carbocycles. The van der Waals surface area contributed by atoms with Crippen LogP contribution in [0.15, 0.2) is 24.3 Å². The van der Waals surface area contributed by atoms with Gasteiger partial charge in [0.05, 0.1) is 0 Å². The normalized spacial score (nSPS) is 21.4. The Morgan fingerprint density at radius 3 is 2.47 bits per heavy atom. The standard InChI is InChI=1S/C14H20O2Se/c1-11-4-7-13(8-5-11)17(2,3)10-12-6-9-14(15)16-12/h4-5,7-8,12H,6,9-10H2,1-3H3. The number of aryl methyl sites for hydroxylation is 1. The van der Waals surface area contributed by atoms with Gasteiger partial charge >= 0.3 is 105 Å². The molecule has 1 aromatic carbocycles. The second-order valence-corrected chi connectivity index (χ2v) is 13.3. The predicted octanol–water partition coefficient (Wildman–Crippen LogP) is 2.62. The van der Waals surface area contributed by atoms with Gasteiger partial charge in [0.2, 0.25) is 0 Å². The number of cyclic esters (lactones) is 1. The fourth-order valence-electron chi connectivity index (χ4n) is 2.17. The van der Waals surface area contributed by atoms with E-state index in [9.17, 15) is 4.79 Å². The Morgan fingerprint density at radius 2 is 1.94 bits per heavy atom. The fraction of sp³-hybridized carbons (Fsp3) is 0.500. The minimum absolute atomic E-state index is 0.0216. The van der Waals surface area contributed by atoms with Crippen molar-refractivity contribution in [3.05, 3.63) is 29.8 Å². The maximum absolute atomic E-state index is 11.1. The van der Waals surface area contributed by atoms with Crippen molar-refractivity contribution in [3.63, 3.8) is 0 Å². The molecule has 1 aromatic rings. The van der Waals surface area contributed by atoms with E-state index in [1.54, 1.807) is 0 Å². The third-order valence-corrected chi connectivity index (χ3v) is 9.01. The van der Waals surface area contributed by atoms with Crippen molar-refractivity contribution >= 4 is 23.3 Å². The van der Waals surface area contributed by atoms with Crippen LogP contribution in [0.25, 0.3) is 0 Å². The van der Waals surface area contributed by atoms with E-state index in [1.807, 2.05) is 0 Å². The predicted molar refractivity (Wildman–Crippen MR) is 72.2 cm³/mol. The van der Waals surface area contributed by atoms with Gasteiger partial charge in [0.1, 0.15) is 0 Å². The zero-order valence-corrected chi connectivity index (χ0v) is 12.4. The van der Waals surface area contributed by atoms with Gasteiger partial charge in [-0.1, -0.05) is 0 Å². The van der Waals surface area contributed by atoms with Crippen molar-refractivity contribution in [1.29, 1.82) is 0 Å². The van der Waals surface area contributed by atoms with E-state index in [0.717, 1.165) is 11.7 Å². The van der Waals surface area contributed by atoms with Crippen LogP contribution in [0.5, 0.6) is 0 Å². The summed E-state index contributed by atoms with van der Waals surface area (Å²) in [4.78, 5) is 11.1. The van der Waals surface area contributed by atoms with Crippen LogP contribution in [0.1, 0.15) is 18.4 Å². The summed E-state index contributed by atoms with van der Waals surface area (Å²) in [5, 5.41) is 1.06. The molecule has 0 N–H and O–H groups in total. The van der Waals surface area contributed by atoms with Gasteiger partial charge in [0.25, 0.3) is 0 Å². The van der Waals surface area contributed by atoms with Crippen LogP contribution < -0.4 is 4.46 Å². The van der Waals surface area contributed by atoms with E-state index < -0.39 is 12.8 Å². The number of benzene rings is 1. The molecule has 0 bridgehead atoms. The molecule has 1 aliphatic heterocycles. The molecule has 3 heteroatoms. The first kappa shape index (κ1) is 12.7. The third-order valence-electron chi connectivity index (χ3n) is 3.23. The first-order chi connectivity index (χ1) is 7.97. The Balaban J connectivity index is 2.07. The number of carbonyl (C=O) groups excluding carboxylic acids is 1. The van der Waals surface area contributed by atoms with Crippen molar-refractivity contribution in [1.82, 2.24) is 0 Å². The summed E-state index contributed by atoms with van der Waals surface area (Å²) >= 11 is -1.67. The van der Waals surface area contributed by atoms with Crippen molar-refractivity contribution in [2.45, 2.75) is 42.8 Å². The average molecular weight is 299 g/mol. The number of ether oxygens (including phenoxy) is 1. The summed E-state index contributed by atoms with van der Waals surface area (Å²) in [6.07, 6.45) is 1.68.